The van der Waals surface area contributed by atoms with Crippen molar-refractivity contribution in [3.05, 3.63) is 23.8 Å². The minimum atomic E-state index is 0.560. The van der Waals surface area contributed by atoms with Gasteiger partial charge in [0.25, 0.3) is 0 Å². The second-order valence-corrected chi connectivity index (χ2v) is 5.01. The molecule has 94 valence electrons. The van der Waals surface area contributed by atoms with Crippen LogP contribution in [-0.4, -0.2) is 30.6 Å². The quantitative estimate of drug-likeness (QED) is 0.788. The van der Waals surface area contributed by atoms with E-state index in [9.17, 15) is 0 Å². The van der Waals surface area contributed by atoms with E-state index < -0.39 is 0 Å². The Morgan fingerprint density at radius 2 is 2.24 bits per heavy atom. The lowest BCUT2D eigenvalue weighted by Crippen LogP contribution is -2.41. The highest BCUT2D eigenvalue weighted by Gasteiger charge is 2.18. The number of nitrogens with two attached hydrogens (primary N) is 1. The van der Waals surface area contributed by atoms with Crippen molar-refractivity contribution < 1.29 is 0 Å². The van der Waals surface area contributed by atoms with Crippen LogP contribution < -0.4 is 11.1 Å². The Hall–Kier alpha value is -1.22. The molecule has 1 fully saturated rings. The summed E-state index contributed by atoms with van der Waals surface area (Å²) in [5.74, 6) is 0. The normalized spacial score (nSPS) is 21.4. The van der Waals surface area contributed by atoms with Crippen molar-refractivity contribution in [2.45, 2.75) is 32.7 Å². The van der Waals surface area contributed by atoms with E-state index in [1.807, 2.05) is 12.1 Å². The number of nitrogens with one attached hydrogen (secondary N) is 1. The van der Waals surface area contributed by atoms with Gasteiger partial charge < -0.3 is 16.0 Å². The molecule has 0 radical (unpaired) electrons. The van der Waals surface area contributed by atoms with Gasteiger partial charge in [0, 0.05) is 24.0 Å². The monoisotopic (exact) mass is 233 g/mol. The average molecular weight is 233 g/mol. The number of hydrogen-bond donors (Lipinski definition) is 2. The van der Waals surface area contributed by atoms with Gasteiger partial charge in [-0.25, -0.2) is 0 Å². The summed E-state index contributed by atoms with van der Waals surface area (Å²) in [6.07, 6.45) is 2.54. The smallest absolute Gasteiger partial charge is 0.0388 e. The molecular weight excluding hydrogens is 210 g/mol. The van der Waals surface area contributed by atoms with Crippen LogP contribution in [0.5, 0.6) is 0 Å². The summed E-state index contributed by atoms with van der Waals surface area (Å²) >= 11 is 0. The van der Waals surface area contributed by atoms with Crippen molar-refractivity contribution in [2.24, 2.45) is 0 Å². The number of nitrogens with zero attached hydrogens (tertiary/aromatic N) is 1. The van der Waals surface area contributed by atoms with Crippen molar-refractivity contribution in [3.8, 4) is 0 Å². The molecule has 1 aliphatic rings. The summed E-state index contributed by atoms with van der Waals surface area (Å²) < 4.78 is 0. The van der Waals surface area contributed by atoms with Gasteiger partial charge in [-0.2, -0.15) is 0 Å². The van der Waals surface area contributed by atoms with Gasteiger partial charge in [-0.3, -0.25) is 0 Å². The van der Waals surface area contributed by atoms with E-state index in [1.165, 1.54) is 24.9 Å². The number of anilines is 2. The highest BCUT2D eigenvalue weighted by molar-refractivity contribution is 5.57. The predicted octanol–water partition coefficient (Wildman–Crippen LogP) is 2.47. The minimum Gasteiger partial charge on any atom is -0.399 e. The van der Waals surface area contributed by atoms with Crippen molar-refractivity contribution in [2.75, 3.05) is 30.7 Å². The van der Waals surface area contributed by atoms with Gasteiger partial charge >= 0.3 is 0 Å². The van der Waals surface area contributed by atoms with E-state index >= 15 is 0 Å². The minimum absolute atomic E-state index is 0.560. The maximum atomic E-state index is 5.87. The zero-order valence-electron chi connectivity index (χ0n) is 10.9. The van der Waals surface area contributed by atoms with E-state index in [4.69, 9.17) is 5.73 Å². The molecule has 17 heavy (non-hydrogen) atoms. The fourth-order valence-electron chi connectivity index (χ4n) is 2.59. The Balaban J connectivity index is 2.00. The number of rotatable bonds is 3. The number of likely N-dealkylation sites (N-methyl/N-ethyl adjacent to an activating group) is 1. The van der Waals surface area contributed by atoms with Crippen LogP contribution in [-0.2, 0) is 0 Å². The Bertz CT molecular complexity index is 355. The van der Waals surface area contributed by atoms with Crippen LogP contribution in [0.3, 0.4) is 0 Å². The number of nitrogen functional groups attached to an aromatic ring is 1. The molecule has 3 heteroatoms. The lowest BCUT2D eigenvalue weighted by Gasteiger charge is -2.33. The van der Waals surface area contributed by atoms with E-state index in [0.29, 0.717) is 6.04 Å². The third-order valence-corrected chi connectivity index (χ3v) is 3.42. The molecule has 1 unspecified atom stereocenters. The molecule has 0 aromatic heterocycles. The standard InChI is InChI=1S/C14H23N3/c1-3-17-6-4-5-13(10-17)16-14-8-11(2)7-12(15)9-14/h7-9,13,16H,3-6,10,15H2,1-2H3. The number of likely N-dealkylation sites (tertiary alicyclic amines) is 1. The van der Waals surface area contributed by atoms with Gasteiger partial charge in [-0.05, 0) is 56.6 Å². The highest BCUT2D eigenvalue weighted by Crippen LogP contribution is 2.19. The van der Waals surface area contributed by atoms with Crippen molar-refractivity contribution in [3.63, 3.8) is 0 Å². The molecule has 2 rings (SSSR count). The second-order valence-electron chi connectivity index (χ2n) is 5.01. The molecule has 1 heterocycles. The highest BCUT2D eigenvalue weighted by atomic mass is 15.2. The Labute approximate surface area is 104 Å². The molecule has 0 amide bonds. The first-order valence-electron chi connectivity index (χ1n) is 6.53. The zero-order valence-corrected chi connectivity index (χ0v) is 10.9. The van der Waals surface area contributed by atoms with Gasteiger partial charge in [0.1, 0.15) is 0 Å². The summed E-state index contributed by atoms with van der Waals surface area (Å²) in [4.78, 5) is 2.50. The lowest BCUT2D eigenvalue weighted by atomic mass is 10.0. The van der Waals surface area contributed by atoms with E-state index in [2.05, 4.69) is 30.1 Å². The third kappa shape index (κ3) is 3.37. The van der Waals surface area contributed by atoms with Gasteiger partial charge in [-0.1, -0.05) is 6.92 Å². The molecule has 1 aliphatic heterocycles. The summed E-state index contributed by atoms with van der Waals surface area (Å²) in [6.45, 7) is 7.84. The molecule has 3 nitrogen and oxygen atoms in total. The maximum absolute atomic E-state index is 5.87. The van der Waals surface area contributed by atoms with Gasteiger partial charge in [0.2, 0.25) is 0 Å². The maximum Gasteiger partial charge on any atom is 0.0388 e. The molecule has 0 bridgehead atoms. The molecule has 0 aliphatic carbocycles. The molecule has 1 saturated heterocycles. The van der Waals surface area contributed by atoms with Crippen molar-refractivity contribution in [1.29, 1.82) is 0 Å². The molecule has 0 spiro atoms. The van der Waals surface area contributed by atoms with Gasteiger partial charge in [-0.15, -0.1) is 0 Å². The molecule has 1 atom stereocenters. The summed E-state index contributed by atoms with van der Waals surface area (Å²) in [7, 11) is 0. The molecule has 0 saturated carbocycles. The lowest BCUT2D eigenvalue weighted by molar-refractivity contribution is 0.227. The Kier molecular flexibility index (Phi) is 3.89. The summed E-state index contributed by atoms with van der Waals surface area (Å²) in [5.41, 5.74) is 9.09. The van der Waals surface area contributed by atoms with Crippen LogP contribution in [0.15, 0.2) is 18.2 Å². The Morgan fingerprint density at radius 1 is 1.41 bits per heavy atom. The first-order chi connectivity index (χ1) is 8.17. The predicted molar refractivity (Wildman–Crippen MR) is 74.4 cm³/mol. The fraction of sp³-hybridized carbons (Fsp3) is 0.571. The van der Waals surface area contributed by atoms with Crippen molar-refractivity contribution in [1.82, 2.24) is 4.90 Å². The van der Waals surface area contributed by atoms with Crippen LogP contribution >= 0.6 is 0 Å². The van der Waals surface area contributed by atoms with E-state index in [-0.39, 0.29) is 0 Å². The number of piperidine rings is 1. The second kappa shape index (κ2) is 5.41. The van der Waals surface area contributed by atoms with Crippen LogP contribution in [0.1, 0.15) is 25.3 Å². The molecule has 3 N–H and O–H groups in total. The number of hydrogen-bond acceptors (Lipinski definition) is 3. The summed E-state index contributed by atoms with van der Waals surface area (Å²) in [6, 6.07) is 6.76. The summed E-state index contributed by atoms with van der Waals surface area (Å²) in [5, 5.41) is 3.61. The van der Waals surface area contributed by atoms with Crippen molar-refractivity contribution >= 4 is 11.4 Å². The van der Waals surface area contributed by atoms with E-state index in [0.717, 1.165) is 24.5 Å². The van der Waals surface area contributed by atoms with E-state index in [1.54, 1.807) is 0 Å². The first kappa shape index (κ1) is 12.2. The average Bonchev–Trinajstić information content (AvgIpc) is 2.28. The topological polar surface area (TPSA) is 41.3 Å². The third-order valence-electron chi connectivity index (χ3n) is 3.42. The van der Waals surface area contributed by atoms with Crippen LogP contribution in [0.25, 0.3) is 0 Å². The van der Waals surface area contributed by atoms with Gasteiger partial charge in [0.05, 0.1) is 0 Å². The first-order valence-corrected chi connectivity index (χ1v) is 6.53. The fourth-order valence-corrected chi connectivity index (χ4v) is 2.59. The zero-order chi connectivity index (χ0) is 12.3. The molecule has 1 aromatic carbocycles. The molecular formula is C14H23N3. The Morgan fingerprint density at radius 3 is 2.94 bits per heavy atom. The van der Waals surface area contributed by atoms with Crippen LogP contribution in [0.4, 0.5) is 11.4 Å². The number of benzene rings is 1. The largest absolute Gasteiger partial charge is 0.399 e. The van der Waals surface area contributed by atoms with Gasteiger partial charge in [0.15, 0.2) is 0 Å². The SMILES string of the molecule is CCN1CCCC(Nc2cc(C)cc(N)c2)C1. The molecule has 1 aromatic rings. The van der Waals surface area contributed by atoms with Crippen LogP contribution in [0.2, 0.25) is 0 Å². The number of aryl methyl sites for hydroxylation is 1. The van der Waals surface area contributed by atoms with Crippen LogP contribution in [0, 0.1) is 6.92 Å².